The van der Waals surface area contributed by atoms with Gasteiger partial charge in [0.05, 0.1) is 25.3 Å². The van der Waals surface area contributed by atoms with Gasteiger partial charge in [-0.3, -0.25) is 0 Å². The Morgan fingerprint density at radius 3 is 2.38 bits per heavy atom. The molecule has 110 valence electrons. The Morgan fingerprint density at radius 1 is 1.05 bits per heavy atom. The number of benzene rings is 1. The van der Waals surface area contributed by atoms with Crippen LogP contribution in [0.25, 0.3) is 11.0 Å². The van der Waals surface area contributed by atoms with Gasteiger partial charge in [0.2, 0.25) is 0 Å². The molecule has 2 aromatic rings. The van der Waals surface area contributed by atoms with Crippen LogP contribution in [0.1, 0.15) is 31.0 Å². The highest BCUT2D eigenvalue weighted by atomic mass is 16.5. The first-order chi connectivity index (χ1) is 10.3. The Kier molecular flexibility index (Phi) is 2.23. The topological polar surface area (TPSA) is 47.1 Å². The summed E-state index contributed by atoms with van der Waals surface area (Å²) < 4.78 is 10.7. The number of hydrogen-bond donors (Lipinski definition) is 1. The fourth-order valence-corrected chi connectivity index (χ4v) is 5.21. The van der Waals surface area contributed by atoms with Crippen LogP contribution in [0.5, 0.6) is 11.5 Å². The van der Waals surface area contributed by atoms with E-state index in [0.29, 0.717) is 5.92 Å². The normalized spacial score (nSPS) is 36.0. The van der Waals surface area contributed by atoms with Crippen molar-refractivity contribution in [3.05, 3.63) is 18.0 Å². The first-order valence-electron chi connectivity index (χ1n) is 7.91. The molecule has 4 atom stereocenters. The third kappa shape index (κ3) is 1.48. The van der Waals surface area contributed by atoms with Gasteiger partial charge >= 0.3 is 0 Å². The van der Waals surface area contributed by atoms with Gasteiger partial charge < -0.3 is 14.5 Å². The summed E-state index contributed by atoms with van der Waals surface area (Å²) in [6.45, 7) is 0. The number of nitrogens with zero attached hydrogens (tertiary/aromatic N) is 1. The van der Waals surface area contributed by atoms with Crippen LogP contribution in [0.3, 0.4) is 0 Å². The molecule has 5 rings (SSSR count). The summed E-state index contributed by atoms with van der Waals surface area (Å²) in [7, 11) is 3.34. The maximum atomic E-state index is 5.38. The second-order valence-corrected chi connectivity index (χ2v) is 6.86. The van der Waals surface area contributed by atoms with E-state index in [1.807, 2.05) is 12.1 Å². The lowest BCUT2D eigenvalue weighted by molar-refractivity contribution is 0.356. The lowest BCUT2D eigenvalue weighted by Gasteiger charge is -2.06. The largest absolute Gasteiger partial charge is 0.493 e. The average molecular weight is 284 g/mol. The molecule has 3 saturated carbocycles. The van der Waals surface area contributed by atoms with Crippen molar-refractivity contribution in [2.24, 2.45) is 23.7 Å². The fraction of sp³-hybridized carbons (Fsp3) is 0.588. The molecule has 21 heavy (non-hydrogen) atoms. The van der Waals surface area contributed by atoms with E-state index in [-0.39, 0.29) is 0 Å². The predicted molar refractivity (Wildman–Crippen MR) is 79.7 cm³/mol. The van der Waals surface area contributed by atoms with E-state index in [1.54, 1.807) is 14.2 Å². The minimum Gasteiger partial charge on any atom is -0.493 e. The molecule has 3 fully saturated rings. The van der Waals surface area contributed by atoms with E-state index in [0.717, 1.165) is 46.2 Å². The van der Waals surface area contributed by atoms with Crippen LogP contribution < -0.4 is 9.47 Å². The van der Waals surface area contributed by atoms with Crippen molar-refractivity contribution in [3.63, 3.8) is 0 Å². The summed E-state index contributed by atoms with van der Waals surface area (Å²) >= 11 is 0. The van der Waals surface area contributed by atoms with Crippen LogP contribution in [-0.2, 0) is 0 Å². The minimum absolute atomic E-state index is 0.681. The molecular formula is C17H20N2O2. The fourth-order valence-electron chi connectivity index (χ4n) is 5.21. The van der Waals surface area contributed by atoms with E-state index in [1.165, 1.54) is 25.1 Å². The number of fused-ring (bicyclic) bond motifs is 6. The molecule has 0 spiro atoms. The molecule has 1 N–H and O–H groups in total. The molecule has 1 heterocycles. The van der Waals surface area contributed by atoms with E-state index < -0.39 is 0 Å². The zero-order valence-corrected chi connectivity index (χ0v) is 12.4. The Bertz CT molecular complexity index is 666. The van der Waals surface area contributed by atoms with Crippen molar-refractivity contribution in [1.29, 1.82) is 0 Å². The van der Waals surface area contributed by atoms with Gasteiger partial charge in [0.25, 0.3) is 0 Å². The molecule has 4 unspecified atom stereocenters. The predicted octanol–water partition coefficient (Wildman–Crippen LogP) is 3.34. The van der Waals surface area contributed by atoms with E-state index in [2.05, 4.69) is 4.98 Å². The van der Waals surface area contributed by atoms with Crippen molar-refractivity contribution in [2.45, 2.75) is 25.2 Å². The molecule has 0 saturated heterocycles. The molecule has 1 aromatic heterocycles. The second-order valence-electron chi connectivity index (χ2n) is 6.86. The molecule has 0 aliphatic heterocycles. The molecular weight excluding hydrogens is 264 g/mol. The first-order valence-corrected chi connectivity index (χ1v) is 7.91. The quantitative estimate of drug-likeness (QED) is 0.940. The number of H-pyrrole nitrogens is 1. The van der Waals surface area contributed by atoms with Gasteiger partial charge in [-0.2, -0.15) is 0 Å². The molecule has 4 heteroatoms. The van der Waals surface area contributed by atoms with Gasteiger partial charge in [0.1, 0.15) is 5.82 Å². The Balaban J connectivity index is 1.54. The Morgan fingerprint density at radius 2 is 1.71 bits per heavy atom. The lowest BCUT2D eigenvalue weighted by atomic mass is 10.0. The molecule has 3 aliphatic carbocycles. The van der Waals surface area contributed by atoms with Crippen molar-refractivity contribution in [3.8, 4) is 11.5 Å². The number of aromatic amines is 1. The molecule has 0 radical (unpaired) electrons. The molecule has 1 aromatic carbocycles. The summed E-state index contributed by atoms with van der Waals surface area (Å²) in [5.41, 5.74) is 2.04. The number of nitrogens with one attached hydrogen (secondary N) is 1. The highest BCUT2D eigenvalue weighted by Crippen LogP contribution is 2.72. The number of imidazole rings is 1. The van der Waals surface area contributed by atoms with Crippen LogP contribution in [0.2, 0.25) is 0 Å². The number of hydrogen-bond acceptors (Lipinski definition) is 3. The number of rotatable bonds is 3. The number of aromatic nitrogens is 2. The van der Waals surface area contributed by atoms with Crippen molar-refractivity contribution in [2.75, 3.05) is 14.2 Å². The van der Waals surface area contributed by atoms with Crippen LogP contribution in [0, 0.1) is 23.7 Å². The summed E-state index contributed by atoms with van der Waals surface area (Å²) in [6, 6.07) is 3.97. The smallest absolute Gasteiger partial charge is 0.163 e. The standard InChI is InChI=1S/C17H20N2O2/c1-20-12-6-10-11(7-13(12)21-2)19-17(18-10)16-14-8-3-4-9(5-8)15(14)16/h6-9,14-16H,3-5H2,1-2H3,(H,18,19). The minimum atomic E-state index is 0.681. The average Bonchev–Trinajstić information content (AvgIpc) is 2.85. The highest BCUT2D eigenvalue weighted by Gasteiger charge is 2.66. The molecule has 0 amide bonds. The van der Waals surface area contributed by atoms with Crippen LogP contribution in [0.15, 0.2) is 12.1 Å². The maximum absolute atomic E-state index is 5.38. The van der Waals surface area contributed by atoms with Crippen LogP contribution in [0.4, 0.5) is 0 Å². The monoisotopic (exact) mass is 284 g/mol. The summed E-state index contributed by atoms with van der Waals surface area (Å²) in [6.07, 6.45) is 4.38. The third-order valence-corrected chi connectivity index (χ3v) is 6.06. The van der Waals surface area contributed by atoms with Crippen molar-refractivity contribution >= 4 is 11.0 Å². The molecule has 3 aliphatic rings. The summed E-state index contributed by atoms with van der Waals surface area (Å²) in [4.78, 5) is 8.38. The zero-order valence-electron chi connectivity index (χ0n) is 12.4. The number of methoxy groups -OCH3 is 2. The Hall–Kier alpha value is -1.71. The van der Waals surface area contributed by atoms with Crippen LogP contribution in [-0.4, -0.2) is 24.2 Å². The molecule has 4 nitrogen and oxygen atoms in total. The summed E-state index contributed by atoms with van der Waals surface area (Å²) in [5, 5.41) is 0. The van der Waals surface area contributed by atoms with E-state index in [9.17, 15) is 0 Å². The summed E-state index contributed by atoms with van der Waals surface area (Å²) in [5.74, 6) is 7.15. The second kappa shape index (κ2) is 3.93. The third-order valence-electron chi connectivity index (χ3n) is 6.06. The van der Waals surface area contributed by atoms with E-state index >= 15 is 0 Å². The van der Waals surface area contributed by atoms with Gasteiger partial charge in [0, 0.05) is 18.1 Å². The highest BCUT2D eigenvalue weighted by molar-refractivity contribution is 5.80. The molecule has 2 bridgehead atoms. The van der Waals surface area contributed by atoms with Gasteiger partial charge in [-0.25, -0.2) is 4.98 Å². The number of ether oxygens (including phenoxy) is 2. The van der Waals surface area contributed by atoms with Gasteiger partial charge in [0.15, 0.2) is 11.5 Å². The SMILES string of the molecule is COc1cc2nc(C3C4C5CCC(C5)C34)[nH]c2cc1OC. The van der Waals surface area contributed by atoms with Gasteiger partial charge in [-0.05, 0) is 42.9 Å². The van der Waals surface area contributed by atoms with Crippen molar-refractivity contribution in [1.82, 2.24) is 9.97 Å². The first kappa shape index (κ1) is 11.9. The van der Waals surface area contributed by atoms with Gasteiger partial charge in [-0.1, -0.05) is 0 Å². The zero-order chi connectivity index (χ0) is 14.1. The van der Waals surface area contributed by atoms with Gasteiger partial charge in [-0.15, -0.1) is 0 Å². The van der Waals surface area contributed by atoms with Crippen LogP contribution >= 0.6 is 0 Å². The Labute approximate surface area is 123 Å². The lowest BCUT2D eigenvalue weighted by Crippen LogP contribution is -1.98. The maximum Gasteiger partial charge on any atom is 0.163 e. The van der Waals surface area contributed by atoms with Crippen molar-refractivity contribution < 1.29 is 9.47 Å². The van der Waals surface area contributed by atoms with E-state index in [4.69, 9.17) is 14.5 Å².